The Kier molecular flexibility index (Phi) is 10.5. The largest absolute Gasteiger partial charge is 0.490 e. The number of carbonyl (C=O) groups is 1. The van der Waals surface area contributed by atoms with Crippen molar-refractivity contribution in [3.63, 3.8) is 0 Å². The van der Waals surface area contributed by atoms with Gasteiger partial charge in [-0.1, -0.05) is 42.1 Å². The molecule has 2 rings (SSSR count). The Balaban J connectivity index is 2.04. The van der Waals surface area contributed by atoms with Crippen molar-refractivity contribution < 1.29 is 19.0 Å². The van der Waals surface area contributed by atoms with Crippen LogP contribution in [-0.4, -0.2) is 37.2 Å². The molecule has 0 saturated carbocycles. The number of hydrogen-bond donors (Lipinski definition) is 1. The van der Waals surface area contributed by atoms with Gasteiger partial charge in [0.2, 0.25) is 0 Å². The molecule has 9 heteroatoms. The lowest BCUT2D eigenvalue weighted by Crippen LogP contribution is -2.15. The molecule has 0 unspecified atom stereocenters. The van der Waals surface area contributed by atoms with Crippen LogP contribution in [0.2, 0.25) is 0 Å². The Morgan fingerprint density at radius 2 is 1.93 bits per heavy atom. The molecule has 0 heterocycles. The van der Waals surface area contributed by atoms with E-state index >= 15 is 0 Å². The number of amidine groups is 1. The van der Waals surface area contributed by atoms with E-state index < -0.39 is 5.97 Å². The summed E-state index contributed by atoms with van der Waals surface area (Å²) in [5.74, 6) is 1.30. The summed E-state index contributed by atoms with van der Waals surface area (Å²) < 4.78 is 16.9. The van der Waals surface area contributed by atoms with Gasteiger partial charge in [0.15, 0.2) is 23.3 Å². The van der Waals surface area contributed by atoms with Crippen molar-refractivity contribution in [3.05, 3.63) is 57.2 Å². The Bertz CT molecular complexity index is 891. The highest BCUT2D eigenvalue weighted by Gasteiger charge is 2.14. The zero-order valence-corrected chi connectivity index (χ0v) is 19.8. The van der Waals surface area contributed by atoms with E-state index in [0.29, 0.717) is 29.9 Å². The number of hydrogen-bond acceptors (Lipinski definition) is 7. The average Bonchev–Trinajstić information content (AvgIpc) is 2.73. The molecule has 0 aliphatic carbocycles. The van der Waals surface area contributed by atoms with Gasteiger partial charge in [-0.15, -0.1) is 5.10 Å². The predicted octanol–water partition coefficient (Wildman–Crippen LogP) is 4.21. The fourth-order valence-corrected chi connectivity index (χ4v) is 3.71. The van der Waals surface area contributed by atoms with Crippen molar-refractivity contribution in [3.8, 4) is 11.5 Å². The lowest BCUT2D eigenvalue weighted by Gasteiger charge is -2.14. The lowest BCUT2D eigenvalue weighted by molar-refractivity contribution is -0.145. The van der Waals surface area contributed by atoms with Crippen LogP contribution in [0.3, 0.4) is 0 Å². The second-order valence-corrected chi connectivity index (χ2v) is 7.97. The molecule has 0 amide bonds. The summed E-state index contributed by atoms with van der Waals surface area (Å²) >= 11 is 3.54. The van der Waals surface area contributed by atoms with Gasteiger partial charge < -0.3 is 19.9 Å². The second-order valence-electron chi connectivity index (χ2n) is 5.81. The monoisotopic (exact) mass is 541 g/mol. The fourth-order valence-electron chi connectivity index (χ4n) is 2.31. The van der Waals surface area contributed by atoms with E-state index in [1.807, 2.05) is 43.3 Å². The standard InChI is InChI=1S/C21H24IN3O4S/c1-3-27-18-11-16(10-17(22)20(18)29-13-19(26)28-4-2)12-24-25-21(23)30-14-15-8-6-5-7-9-15/h5-12H,3-4,13-14H2,1-2H3,(H2,23,25). The maximum Gasteiger partial charge on any atom is 0.344 e. The molecule has 0 aliphatic heterocycles. The van der Waals surface area contributed by atoms with Crippen LogP contribution in [0.1, 0.15) is 25.0 Å². The van der Waals surface area contributed by atoms with Crippen LogP contribution in [0, 0.1) is 3.57 Å². The summed E-state index contributed by atoms with van der Waals surface area (Å²) in [6.07, 6.45) is 1.59. The van der Waals surface area contributed by atoms with E-state index in [0.717, 1.165) is 14.9 Å². The first-order valence-electron chi connectivity index (χ1n) is 9.31. The predicted molar refractivity (Wildman–Crippen MR) is 129 cm³/mol. The molecule has 2 aromatic rings. The van der Waals surface area contributed by atoms with E-state index in [-0.39, 0.29) is 6.61 Å². The normalized spacial score (nSPS) is 11.5. The molecular weight excluding hydrogens is 517 g/mol. The number of carbonyl (C=O) groups excluding carboxylic acids is 1. The molecule has 2 aromatic carbocycles. The van der Waals surface area contributed by atoms with Gasteiger partial charge in [-0.25, -0.2) is 4.79 Å². The minimum Gasteiger partial charge on any atom is -0.490 e. The summed E-state index contributed by atoms with van der Waals surface area (Å²) in [5.41, 5.74) is 7.86. The molecule has 0 bridgehead atoms. The van der Waals surface area contributed by atoms with Gasteiger partial charge in [0.05, 0.1) is 23.0 Å². The van der Waals surface area contributed by atoms with Crippen LogP contribution in [-0.2, 0) is 15.3 Å². The van der Waals surface area contributed by atoms with Crippen molar-refractivity contribution in [2.24, 2.45) is 15.9 Å². The summed E-state index contributed by atoms with van der Waals surface area (Å²) in [4.78, 5) is 11.6. The third-order valence-electron chi connectivity index (χ3n) is 3.56. The van der Waals surface area contributed by atoms with Gasteiger partial charge in [0, 0.05) is 5.75 Å². The molecule has 0 radical (unpaired) electrons. The van der Waals surface area contributed by atoms with Gasteiger partial charge in [0.1, 0.15) is 0 Å². The summed E-state index contributed by atoms with van der Waals surface area (Å²) in [6, 6.07) is 13.6. The molecule has 2 N–H and O–H groups in total. The maximum absolute atomic E-state index is 11.6. The van der Waals surface area contributed by atoms with E-state index in [2.05, 4.69) is 32.8 Å². The van der Waals surface area contributed by atoms with Crippen molar-refractivity contribution in [1.82, 2.24) is 0 Å². The zero-order valence-electron chi connectivity index (χ0n) is 16.8. The molecule has 0 fully saturated rings. The van der Waals surface area contributed by atoms with Gasteiger partial charge in [-0.3, -0.25) is 0 Å². The number of esters is 1. The minimum atomic E-state index is -0.431. The summed E-state index contributed by atoms with van der Waals surface area (Å²) in [5, 5.41) is 8.48. The van der Waals surface area contributed by atoms with Crippen LogP contribution in [0.25, 0.3) is 0 Å². The molecule has 30 heavy (non-hydrogen) atoms. The first-order chi connectivity index (χ1) is 14.5. The first-order valence-corrected chi connectivity index (χ1v) is 11.4. The fraction of sp³-hybridized carbons (Fsp3) is 0.286. The van der Waals surface area contributed by atoms with Crippen LogP contribution < -0.4 is 15.2 Å². The molecule has 0 aromatic heterocycles. The molecule has 0 spiro atoms. The highest BCUT2D eigenvalue weighted by atomic mass is 127. The van der Waals surface area contributed by atoms with Crippen LogP contribution in [0.15, 0.2) is 52.7 Å². The molecule has 0 atom stereocenters. The quantitative estimate of drug-likeness (QED) is 0.159. The van der Waals surface area contributed by atoms with Crippen LogP contribution in [0.5, 0.6) is 11.5 Å². The van der Waals surface area contributed by atoms with Crippen LogP contribution >= 0.6 is 34.4 Å². The number of rotatable bonds is 10. The number of benzene rings is 2. The number of nitrogens with zero attached hydrogens (tertiary/aromatic N) is 2. The van der Waals surface area contributed by atoms with Crippen molar-refractivity contribution in [2.45, 2.75) is 19.6 Å². The first kappa shape index (κ1) is 24.0. The number of ether oxygens (including phenoxy) is 3. The number of thioether (sulfide) groups is 1. The van der Waals surface area contributed by atoms with Gasteiger partial charge in [-0.05, 0) is 59.7 Å². The van der Waals surface area contributed by atoms with Gasteiger partial charge in [-0.2, -0.15) is 5.10 Å². The summed E-state index contributed by atoms with van der Waals surface area (Å²) in [6.45, 7) is 4.19. The average molecular weight is 541 g/mol. The smallest absolute Gasteiger partial charge is 0.344 e. The Morgan fingerprint density at radius 1 is 1.17 bits per heavy atom. The third kappa shape index (κ3) is 8.23. The SMILES string of the molecule is CCOC(=O)COc1c(I)cc(C=NN=C(N)SCc2ccccc2)cc1OCC. The zero-order chi connectivity index (χ0) is 21.8. The lowest BCUT2D eigenvalue weighted by atomic mass is 10.2. The van der Waals surface area contributed by atoms with Gasteiger partial charge >= 0.3 is 5.97 Å². The maximum atomic E-state index is 11.6. The van der Waals surface area contributed by atoms with Crippen molar-refractivity contribution in [2.75, 3.05) is 19.8 Å². The second kappa shape index (κ2) is 13.1. The van der Waals surface area contributed by atoms with Crippen molar-refractivity contribution in [1.29, 1.82) is 0 Å². The Morgan fingerprint density at radius 3 is 2.63 bits per heavy atom. The third-order valence-corrected chi connectivity index (χ3v) is 5.22. The minimum absolute atomic E-state index is 0.184. The molecule has 0 aliphatic rings. The van der Waals surface area contributed by atoms with E-state index in [1.54, 1.807) is 19.2 Å². The van der Waals surface area contributed by atoms with Crippen molar-refractivity contribution >= 4 is 51.7 Å². The number of nitrogens with two attached hydrogens (primary N) is 1. The molecule has 160 valence electrons. The highest BCUT2D eigenvalue weighted by Crippen LogP contribution is 2.34. The van der Waals surface area contributed by atoms with Gasteiger partial charge in [0.25, 0.3) is 0 Å². The van der Waals surface area contributed by atoms with E-state index in [1.165, 1.54) is 17.3 Å². The van der Waals surface area contributed by atoms with Crippen LogP contribution in [0.4, 0.5) is 0 Å². The molecule has 7 nitrogen and oxygen atoms in total. The van der Waals surface area contributed by atoms with E-state index in [9.17, 15) is 4.79 Å². The Hall–Kier alpha value is -2.27. The Labute approximate surface area is 194 Å². The van der Waals surface area contributed by atoms with E-state index in [4.69, 9.17) is 19.9 Å². The number of halogens is 1. The summed E-state index contributed by atoms with van der Waals surface area (Å²) in [7, 11) is 0. The molecule has 0 saturated heterocycles. The highest BCUT2D eigenvalue weighted by molar-refractivity contribution is 14.1. The molecular formula is C21H24IN3O4S. The topological polar surface area (TPSA) is 95.5 Å².